The molecule has 0 unspecified atom stereocenters. The van der Waals surface area contributed by atoms with Crippen LogP contribution in [-0.2, 0) is 0 Å². The van der Waals surface area contributed by atoms with E-state index in [0.29, 0.717) is 0 Å². The second-order valence-corrected chi connectivity index (χ2v) is 2.37. The van der Waals surface area contributed by atoms with Crippen LogP contribution in [0.1, 0.15) is 33.1 Å². The maximum atomic E-state index is 8.17. The monoisotopic (exact) mass is 164 g/mol. The molecule has 0 rings (SSSR count). The van der Waals surface area contributed by atoms with Gasteiger partial charge in [0.05, 0.1) is 13.2 Å². The van der Waals surface area contributed by atoms with Crippen molar-refractivity contribution in [2.24, 2.45) is 0 Å². The highest BCUT2D eigenvalue weighted by Crippen LogP contribution is 1.88. The molecule has 0 saturated carbocycles. The lowest BCUT2D eigenvalue weighted by molar-refractivity contribution is 0.0450. The van der Waals surface area contributed by atoms with Crippen LogP contribution in [0.15, 0.2) is 0 Å². The minimum atomic E-state index is -0.954. The van der Waals surface area contributed by atoms with Gasteiger partial charge in [0.2, 0.25) is 0 Å². The third kappa shape index (κ3) is 17.7. The Morgan fingerprint density at radius 2 is 1.36 bits per heavy atom. The van der Waals surface area contributed by atoms with Crippen molar-refractivity contribution in [1.29, 1.82) is 0 Å². The van der Waals surface area contributed by atoms with Crippen molar-refractivity contribution in [3.05, 3.63) is 0 Å². The van der Waals surface area contributed by atoms with E-state index in [4.69, 9.17) is 15.3 Å². The molecule has 0 amide bonds. The molecule has 3 heteroatoms. The highest BCUT2D eigenvalue weighted by molar-refractivity contribution is 4.44. The highest BCUT2D eigenvalue weighted by atomic mass is 16.3. The molecule has 0 fully saturated rings. The fourth-order valence-corrected chi connectivity index (χ4v) is 0.411. The van der Waals surface area contributed by atoms with Gasteiger partial charge >= 0.3 is 0 Å². The molecule has 0 heterocycles. The Labute approximate surface area is 68.7 Å². The first-order chi connectivity index (χ1) is 5.22. The van der Waals surface area contributed by atoms with Crippen molar-refractivity contribution in [2.75, 3.05) is 13.2 Å². The van der Waals surface area contributed by atoms with E-state index in [1.54, 1.807) is 0 Å². The fourth-order valence-electron chi connectivity index (χ4n) is 0.411. The maximum Gasteiger partial charge on any atom is 0.100 e. The predicted molar refractivity (Wildman–Crippen MR) is 45.4 cm³/mol. The van der Waals surface area contributed by atoms with Crippen LogP contribution in [0.4, 0.5) is 0 Å². The molecule has 0 saturated heterocycles. The normalized spacial score (nSPS) is 9.27. The summed E-state index contributed by atoms with van der Waals surface area (Å²) >= 11 is 0. The van der Waals surface area contributed by atoms with Crippen molar-refractivity contribution >= 4 is 0 Å². The fraction of sp³-hybridized carbons (Fsp3) is 1.00. The third-order valence-electron chi connectivity index (χ3n) is 1.13. The summed E-state index contributed by atoms with van der Waals surface area (Å²) in [4.78, 5) is 0. The molecule has 0 aromatic heterocycles. The quantitative estimate of drug-likeness (QED) is 0.568. The standard InChI is InChI=1S/C5H12.C3H8O3/c1-3-5-4-2;4-1-3(6)2-5/h3-5H2,1-2H3;3-6H,1-2H2. The number of hydrogen-bond acceptors (Lipinski definition) is 3. The molecule has 0 radical (unpaired) electrons. The van der Waals surface area contributed by atoms with Crippen LogP contribution in [-0.4, -0.2) is 34.6 Å². The summed E-state index contributed by atoms with van der Waals surface area (Å²) in [6, 6.07) is 0. The van der Waals surface area contributed by atoms with Crippen molar-refractivity contribution in [2.45, 2.75) is 39.2 Å². The Morgan fingerprint density at radius 3 is 1.36 bits per heavy atom. The molecule has 0 aromatic carbocycles. The minimum Gasteiger partial charge on any atom is -0.394 e. The van der Waals surface area contributed by atoms with Crippen LogP contribution in [0.3, 0.4) is 0 Å². The minimum absolute atomic E-state index is 0.365. The zero-order valence-corrected chi connectivity index (χ0v) is 7.45. The van der Waals surface area contributed by atoms with Crippen molar-refractivity contribution in [1.82, 2.24) is 0 Å². The molecule has 0 atom stereocenters. The molecular formula is C8H20O3. The molecule has 70 valence electrons. The van der Waals surface area contributed by atoms with E-state index in [1.165, 1.54) is 19.3 Å². The summed E-state index contributed by atoms with van der Waals surface area (Å²) < 4.78 is 0. The molecule has 3 nitrogen and oxygen atoms in total. The van der Waals surface area contributed by atoms with E-state index in [1.807, 2.05) is 0 Å². The summed E-state index contributed by atoms with van der Waals surface area (Å²) in [6.45, 7) is 3.69. The van der Waals surface area contributed by atoms with Crippen LogP contribution in [0.25, 0.3) is 0 Å². The van der Waals surface area contributed by atoms with Gasteiger partial charge in [-0.25, -0.2) is 0 Å². The average molecular weight is 164 g/mol. The Kier molecular flexibility index (Phi) is 15.4. The molecule has 0 aliphatic heterocycles. The molecular weight excluding hydrogens is 144 g/mol. The maximum absolute atomic E-state index is 8.17. The highest BCUT2D eigenvalue weighted by Gasteiger charge is 1.93. The molecule has 0 spiro atoms. The number of hydrogen-bond donors (Lipinski definition) is 3. The van der Waals surface area contributed by atoms with E-state index in [2.05, 4.69) is 13.8 Å². The van der Waals surface area contributed by atoms with Gasteiger partial charge in [-0.3, -0.25) is 0 Å². The topological polar surface area (TPSA) is 60.7 Å². The van der Waals surface area contributed by atoms with E-state index >= 15 is 0 Å². The Balaban J connectivity index is 0. The van der Waals surface area contributed by atoms with Gasteiger partial charge in [-0.15, -0.1) is 0 Å². The van der Waals surface area contributed by atoms with Gasteiger partial charge in [-0.2, -0.15) is 0 Å². The Hall–Kier alpha value is -0.120. The van der Waals surface area contributed by atoms with E-state index in [0.717, 1.165) is 0 Å². The van der Waals surface area contributed by atoms with E-state index < -0.39 is 6.10 Å². The van der Waals surface area contributed by atoms with E-state index in [9.17, 15) is 0 Å². The summed E-state index contributed by atoms with van der Waals surface area (Å²) in [6.07, 6.45) is 3.12. The van der Waals surface area contributed by atoms with Crippen molar-refractivity contribution in [3.63, 3.8) is 0 Å². The van der Waals surface area contributed by atoms with Crippen molar-refractivity contribution in [3.8, 4) is 0 Å². The molecule has 11 heavy (non-hydrogen) atoms. The molecule has 0 aromatic rings. The van der Waals surface area contributed by atoms with Gasteiger partial charge in [-0.1, -0.05) is 33.1 Å². The Morgan fingerprint density at radius 1 is 1.00 bits per heavy atom. The Bertz CT molecular complexity index is 51.3. The molecule has 0 bridgehead atoms. The van der Waals surface area contributed by atoms with Crippen LogP contribution in [0, 0.1) is 0 Å². The molecule has 3 N–H and O–H groups in total. The molecule has 0 aliphatic carbocycles. The first kappa shape index (κ1) is 13.5. The average Bonchev–Trinajstić information content (AvgIpc) is 2.06. The summed E-state index contributed by atoms with van der Waals surface area (Å²) in [7, 11) is 0. The molecule has 0 aliphatic rings. The lowest BCUT2D eigenvalue weighted by atomic mass is 10.3. The van der Waals surface area contributed by atoms with Gasteiger partial charge < -0.3 is 15.3 Å². The summed E-state index contributed by atoms with van der Waals surface area (Å²) in [5.74, 6) is 0. The lowest BCUT2D eigenvalue weighted by Gasteiger charge is -1.96. The second kappa shape index (κ2) is 12.5. The van der Waals surface area contributed by atoms with Crippen LogP contribution < -0.4 is 0 Å². The van der Waals surface area contributed by atoms with Gasteiger partial charge in [0.15, 0.2) is 0 Å². The summed E-state index contributed by atoms with van der Waals surface area (Å²) in [5, 5.41) is 24.0. The summed E-state index contributed by atoms with van der Waals surface area (Å²) in [5.41, 5.74) is 0. The zero-order chi connectivity index (χ0) is 9.11. The van der Waals surface area contributed by atoms with Crippen LogP contribution >= 0.6 is 0 Å². The lowest BCUT2D eigenvalue weighted by Crippen LogP contribution is -2.15. The van der Waals surface area contributed by atoms with Gasteiger partial charge in [-0.05, 0) is 0 Å². The zero-order valence-electron chi connectivity index (χ0n) is 7.45. The second-order valence-electron chi connectivity index (χ2n) is 2.37. The SMILES string of the molecule is CCCCC.OCC(O)CO. The third-order valence-corrected chi connectivity index (χ3v) is 1.13. The number of aliphatic hydroxyl groups excluding tert-OH is 3. The van der Waals surface area contributed by atoms with E-state index in [-0.39, 0.29) is 13.2 Å². The van der Waals surface area contributed by atoms with Gasteiger partial charge in [0.1, 0.15) is 6.10 Å². The number of unbranched alkanes of at least 4 members (excludes halogenated alkanes) is 2. The first-order valence-electron chi connectivity index (χ1n) is 4.12. The van der Waals surface area contributed by atoms with Crippen LogP contribution in [0.5, 0.6) is 0 Å². The number of aliphatic hydroxyl groups is 3. The van der Waals surface area contributed by atoms with Gasteiger partial charge in [0, 0.05) is 0 Å². The smallest absolute Gasteiger partial charge is 0.100 e. The van der Waals surface area contributed by atoms with Crippen LogP contribution in [0.2, 0.25) is 0 Å². The first-order valence-corrected chi connectivity index (χ1v) is 4.12. The predicted octanol–water partition coefficient (Wildman–Crippen LogP) is 0.528. The number of rotatable bonds is 4. The largest absolute Gasteiger partial charge is 0.394 e. The van der Waals surface area contributed by atoms with Gasteiger partial charge in [0.25, 0.3) is 0 Å². The van der Waals surface area contributed by atoms with Crippen molar-refractivity contribution < 1.29 is 15.3 Å².